The molecule has 2 aromatic heterocycles. The molecule has 0 aliphatic rings. The zero-order valence-electron chi connectivity index (χ0n) is 30.0. The van der Waals surface area contributed by atoms with Crippen molar-refractivity contribution in [3.63, 3.8) is 0 Å². The van der Waals surface area contributed by atoms with Crippen molar-refractivity contribution in [1.29, 1.82) is 0 Å². The van der Waals surface area contributed by atoms with Crippen LogP contribution in [0.1, 0.15) is 0 Å². The van der Waals surface area contributed by atoms with E-state index in [0.29, 0.717) is 0 Å². The van der Waals surface area contributed by atoms with Crippen LogP contribution in [0.4, 0.5) is 0 Å². The fourth-order valence-electron chi connectivity index (χ4n) is 8.53. The third-order valence-corrected chi connectivity index (χ3v) is 12.1. The molecule has 0 unspecified atom stereocenters. The van der Waals surface area contributed by atoms with Gasteiger partial charge in [-0.1, -0.05) is 70.4 Å². The lowest BCUT2D eigenvalue weighted by atomic mass is 9.59. The summed E-state index contributed by atoms with van der Waals surface area (Å²) in [7, 11) is 22.9. The summed E-state index contributed by atoms with van der Waals surface area (Å²) in [5.74, 6) is 0. The Morgan fingerprint density at radius 1 is 0.417 bits per heavy atom. The highest BCUT2D eigenvalue weighted by Crippen LogP contribution is 2.39. The smallest absolute Gasteiger partial charge is 0.139 e. The van der Waals surface area contributed by atoms with Gasteiger partial charge < -0.3 is 9.55 Å². The van der Waals surface area contributed by atoms with Gasteiger partial charge in [-0.3, -0.25) is 0 Å². The highest BCUT2D eigenvalue weighted by atomic mass is 15.0. The average molecular weight is 603 g/mol. The van der Waals surface area contributed by atoms with Crippen molar-refractivity contribution in [3.05, 3.63) is 78.9 Å². The minimum absolute atomic E-state index is 1.17. The fraction of sp³-hybridized carbons (Fsp3) is 0. The maximum atomic E-state index is 3.84. The van der Waals surface area contributed by atoms with Crippen LogP contribution >= 0.6 is 0 Å². The van der Waals surface area contributed by atoms with Gasteiger partial charge in [-0.25, -0.2) is 0 Å². The van der Waals surface area contributed by atoms with E-state index in [1.54, 1.807) is 0 Å². The summed E-state index contributed by atoms with van der Waals surface area (Å²) in [5, 5.41) is 5.05. The predicted molar refractivity (Wildman–Crippen MR) is 243 cm³/mol. The molecular formula is C36H34B10N2. The quantitative estimate of drug-likeness (QED) is 0.194. The predicted octanol–water partition coefficient (Wildman–Crippen LogP) is -7.66. The molecule has 6 aromatic carbocycles. The molecule has 0 aliphatic carbocycles. The standard InChI is InChI=1S/C36H34B10N2/c37-25-23(26(38)30(42)33(45)29(25)41)14-11-15(24-27(39)31(43)34(46)32(44)28(24)40)13-16(12-14)48-22-8-4-2-6-18(22)20-10-9-19-17-5-1-3-7-21(17)47-35(19)36(20)48/h1-13,47H,37-46H2. The topological polar surface area (TPSA) is 20.7 Å². The van der Waals surface area contributed by atoms with Crippen molar-refractivity contribution in [2.24, 2.45) is 0 Å². The highest BCUT2D eigenvalue weighted by molar-refractivity contribution is 6.70. The number of aromatic nitrogens is 2. The molecule has 2 nitrogen and oxygen atoms in total. The van der Waals surface area contributed by atoms with E-state index in [4.69, 9.17) is 0 Å². The average Bonchev–Trinajstić information content (AvgIpc) is 3.64. The Bertz CT molecular complexity index is 2540. The van der Waals surface area contributed by atoms with Crippen molar-refractivity contribution in [2.75, 3.05) is 0 Å². The van der Waals surface area contributed by atoms with Gasteiger partial charge in [-0.15, -0.1) is 32.8 Å². The lowest BCUT2D eigenvalue weighted by molar-refractivity contribution is 1.18. The Balaban J connectivity index is 1.57. The molecular weight excluding hydrogens is 569 g/mol. The van der Waals surface area contributed by atoms with E-state index < -0.39 is 0 Å². The van der Waals surface area contributed by atoms with Crippen molar-refractivity contribution < 1.29 is 0 Å². The van der Waals surface area contributed by atoms with Gasteiger partial charge >= 0.3 is 0 Å². The lowest BCUT2D eigenvalue weighted by Crippen LogP contribution is -2.55. The molecule has 1 N–H and O–H groups in total. The molecule has 0 saturated carbocycles. The van der Waals surface area contributed by atoms with Crippen LogP contribution in [-0.2, 0) is 0 Å². The number of hydrogen-bond acceptors (Lipinski definition) is 0. The van der Waals surface area contributed by atoms with Gasteiger partial charge in [0, 0.05) is 32.7 Å². The minimum atomic E-state index is 1.17. The monoisotopic (exact) mass is 604 g/mol. The van der Waals surface area contributed by atoms with Crippen molar-refractivity contribution in [3.8, 4) is 27.9 Å². The van der Waals surface area contributed by atoms with Crippen molar-refractivity contribution in [2.45, 2.75) is 0 Å². The molecule has 0 atom stereocenters. The normalized spacial score (nSPS) is 11.8. The molecule has 12 heteroatoms. The summed E-state index contributed by atoms with van der Waals surface area (Å²) in [6.45, 7) is 0. The van der Waals surface area contributed by atoms with E-state index in [9.17, 15) is 0 Å². The summed E-state index contributed by atoms with van der Waals surface area (Å²) in [4.78, 5) is 3.84. The Kier molecular flexibility index (Phi) is 7.11. The molecule has 2 heterocycles. The number of nitrogens with zero attached hydrogens (tertiary/aromatic N) is 1. The second kappa shape index (κ2) is 11.1. The van der Waals surface area contributed by atoms with Crippen LogP contribution in [0.25, 0.3) is 71.6 Å². The largest absolute Gasteiger partial charge is 0.353 e. The SMILES string of the molecule is Bc1c(B)c(B)c(-c2cc(-c3c(B)c(B)c(B)c(B)c3B)cc(-n3c4ccccc4c4ccc5c6ccccc6[nH]c5c43)c2)c(B)c1B. The number of nitrogens with one attached hydrogen (secondary N) is 1. The van der Waals surface area contributed by atoms with Gasteiger partial charge in [0.25, 0.3) is 0 Å². The summed E-state index contributed by atoms with van der Waals surface area (Å²) >= 11 is 0. The molecule has 0 bridgehead atoms. The van der Waals surface area contributed by atoms with E-state index in [1.807, 2.05) is 0 Å². The molecule has 0 fully saturated rings. The third kappa shape index (κ3) is 4.27. The number of para-hydroxylation sites is 2. The first-order valence-corrected chi connectivity index (χ1v) is 17.2. The zero-order chi connectivity index (χ0) is 33.8. The molecule has 0 saturated heterocycles. The van der Waals surface area contributed by atoms with Gasteiger partial charge in [-0.05, 0) is 52.6 Å². The Morgan fingerprint density at radius 2 is 0.875 bits per heavy atom. The van der Waals surface area contributed by atoms with E-state index in [1.165, 1.54) is 126 Å². The number of rotatable bonds is 3. The molecule has 0 radical (unpaired) electrons. The van der Waals surface area contributed by atoms with Gasteiger partial charge in [-0.2, -0.15) is 0 Å². The summed E-state index contributed by atoms with van der Waals surface area (Å²) < 4.78 is 2.52. The Labute approximate surface area is 291 Å². The highest BCUT2D eigenvalue weighted by Gasteiger charge is 2.22. The van der Waals surface area contributed by atoms with E-state index >= 15 is 0 Å². The van der Waals surface area contributed by atoms with E-state index in [2.05, 4.69) is 167 Å². The fourth-order valence-corrected chi connectivity index (χ4v) is 8.53. The molecule has 8 aromatic rings. The summed E-state index contributed by atoms with van der Waals surface area (Å²) in [6.07, 6.45) is 0. The molecule has 8 rings (SSSR count). The molecule has 48 heavy (non-hydrogen) atoms. The van der Waals surface area contributed by atoms with Gasteiger partial charge in [0.05, 0.1) is 16.6 Å². The summed E-state index contributed by atoms with van der Waals surface area (Å²) in [5.41, 5.74) is 25.0. The number of benzene rings is 6. The van der Waals surface area contributed by atoms with E-state index in [0.717, 1.165) is 0 Å². The van der Waals surface area contributed by atoms with Crippen LogP contribution < -0.4 is 54.6 Å². The lowest BCUT2D eigenvalue weighted by Gasteiger charge is -2.24. The number of hydrogen-bond donors (Lipinski definition) is 1. The van der Waals surface area contributed by atoms with Crippen LogP contribution in [0, 0.1) is 0 Å². The minimum Gasteiger partial charge on any atom is -0.353 e. The van der Waals surface area contributed by atoms with Crippen LogP contribution in [0.3, 0.4) is 0 Å². The van der Waals surface area contributed by atoms with Gasteiger partial charge in [0.2, 0.25) is 0 Å². The number of aromatic amines is 1. The van der Waals surface area contributed by atoms with Crippen molar-refractivity contribution >= 4 is 177 Å². The summed E-state index contributed by atoms with van der Waals surface area (Å²) in [6, 6.07) is 29.5. The third-order valence-electron chi connectivity index (χ3n) is 12.1. The first kappa shape index (κ1) is 30.9. The Morgan fingerprint density at radius 3 is 1.44 bits per heavy atom. The van der Waals surface area contributed by atoms with Gasteiger partial charge in [0.1, 0.15) is 78.5 Å². The van der Waals surface area contributed by atoms with E-state index in [-0.39, 0.29) is 0 Å². The first-order chi connectivity index (χ1) is 23.0. The van der Waals surface area contributed by atoms with Crippen LogP contribution in [-0.4, -0.2) is 88.0 Å². The maximum Gasteiger partial charge on any atom is 0.139 e. The second-order valence-electron chi connectivity index (χ2n) is 14.2. The first-order valence-electron chi connectivity index (χ1n) is 17.2. The molecule has 0 aliphatic heterocycles. The molecule has 0 spiro atoms. The van der Waals surface area contributed by atoms with Crippen LogP contribution in [0.5, 0.6) is 0 Å². The van der Waals surface area contributed by atoms with Crippen molar-refractivity contribution in [1.82, 2.24) is 9.55 Å². The molecule has 218 valence electrons. The maximum absolute atomic E-state index is 3.84. The number of fused-ring (bicyclic) bond motifs is 7. The zero-order valence-corrected chi connectivity index (χ0v) is 30.0. The van der Waals surface area contributed by atoms with Crippen LogP contribution in [0.2, 0.25) is 0 Å². The molecule has 0 amide bonds. The second-order valence-corrected chi connectivity index (χ2v) is 14.2. The number of H-pyrrole nitrogens is 1. The Hall–Kier alpha value is -4.43. The van der Waals surface area contributed by atoms with Gasteiger partial charge in [0.15, 0.2) is 0 Å². The van der Waals surface area contributed by atoms with Crippen LogP contribution in [0.15, 0.2) is 78.9 Å².